The maximum Gasteiger partial charge on any atom is 0.148 e. The summed E-state index contributed by atoms with van der Waals surface area (Å²) in [7, 11) is 0. The van der Waals surface area contributed by atoms with Crippen LogP contribution in [-0.2, 0) is 0 Å². The van der Waals surface area contributed by atoms with Crippen molar-refractivity contribution in [2.24, 2.45) is 5.84 Å². The number of nitrogens with two attached hydrogens (primary N) is 1. The molecule has 0 fully saturated rings. The lowest BCUT2D eigenvalue weighted by molar-refractivity contribution is 0.720. The SMILES string of the molecule is CCCCN(CC)c1ncnc(NN)c1C. The fourth-order valence-corrected chi connectivity index (χ4v) is 1.67. The van der Waals surface area contributed by atoms with E-state index in [9.17, 15) is 0 Å². The maximum atomic E-state index is 5.40. The minimum Gasteiger partial charge on any atom is -0.357 e. The molecule has 0 amide bonds. The van der Waals surface area contributed by atoms with E-state index in [1.807, 2.05) is 6.92 Å². The molecule has 0 aliphatic heterocycles. The molecule has 0 spiro atoms. The monoisotopic (exact) mass is 223 g/mol. The minimum atomic E-state index is 0.694. The van der Waals surface area contributed by atoms with Crippen molar-refractivity contribution in [3.63, 3.8) is 0 Å². The average molecular weight is 223 g/mol. The summed E-state index contributed by atoms with van der Waals surface area (Å²) in [5.41, 5.74) is 3.60. The van der Waals surface area contributed by atoms with E-state index in [-0.39, 0.29) is 0 Å². The van der Waals surface area contributed by atoms with Crippen LogP contribution in [0.4, 0.5) is 11.6 Å². The summed E-state index contributed by atoms with van der Waals surface area (Å²) in [5.74, 6) is 7.07. The zero-order valence-corrected chi connectivity index (χ0v) is 10.3. The number of nitrogen functional groups attached to an aromatic ring is 1. The van der Waals surface area contributed by atoms with E-state index >= 15 is 0 Å². The van der Waals surface area contributed by atoms with E-state index in [2.05, 4.69) is 34.1 Å². The number of nitrogens with one attached hydrogen (secondary N) is 1. The van der Waals surface area contributed by atoms with Gasteiger partial charge < -0.3 is 10.3 Å². The molecule has 1 aromatic rings. The molecular weight excluding hydrogens is 202 g/mol. The molecule has 0 saturated carbocycles. The van der Waals surface area contributed by atoms with Crippen LogP contribution >= 0.6 is 0 Å². The van der Waals surface area contributed by atoms with Gasteiger partial charge >= 0.3 is 0 Å². The van der Waals surface area contributed by atoms with E-state index in [0.29, 0.717) is 5.82 Å². The van der Waals surface area contributed by atoms with Gasteiger partial charge in [-0.15, -0.1) is 0 Å². The van der Waals surface area contributed by atoms with Crippen molar-refractivity contribution < 1.29 is 0 Å². The third-order valence-electron chi connectivity index (χ3n) is 2.66. The van der Waals surface area contributed by atoms with Crippen molar-refractivity contribution >= 4 is 11.6 Å². The fourth-order valence-electron chi connectivity index (χ4n) is 1.67. The van der Waals surface area contributed by atoms with Gasteiger partial charge in [0.05, 0.1) is 0 Å². The minimum absolute atomic E-state index is 0.694. The highest BCUT2D eigenvalue weighted by Gasteiger charge is 2.11. The van der Waals surface area contributed by atoms with E-state index < -0.39 is 0 Å². The number of nitrogens with zero attached hydrogens (tertiary/aromatic N) is 3. The lowest BCUT2D eigenvalue weighted by atomic mass is 10.2. The topological polar surface area (TPSA) is 67.1 Å². The van der Waals surface area contributed by atoms with Gasteiger partial charge in [-0.05, 0) is 20.3 Å². The largest absolute Gasteiger partial charge is 0.357 e. The van der Waals surface area contributed by atoms with Crippen molar-refractivity contribution in [1.29, 1.82) is 0 Å². The highest BCUT2D eigenvalue weighted by Crippen LogP contribution is 2.21. The Hall–Kier alpha value is -1.36. The van der Waals surface area contributed by atoms with Gasteiger partial charge in [0.15, 0.2) is 0 Å². The lowest BCUT2D eigenvalue weighted by Crippen LogP contribution is -2.26. The quantitative estimate of drug-likeness (QED) is 0.567. The second-order valence-electron chi connectivity index (χ2n) is 3.75. The molecule has 0 aliphatic carbocycles. The van der Waals surface area contributed by atoms with Gasteiger partial charge in [0.2, 0.25) is 0 Å². The molecule has 5 heteroatoms. The molecule has 3 N–H and O–H groups in total. The van der Waals surface area contributed by atoms with E-state index in [0.717, 1.165) is 24.5 Å². The first-order chi connectivity index (χ1) is 7.74. The molecule has 0 saturated heterocycles. The van der Waals surface area contributed by atoms with Crippen LogP contribution in [0, 0.1) is 6.92 Å². The highest BCUT2D eigenvalue weighted by molar-refractivity contribution is 5.57. The van der Waals surface area contributed by atoms with Crippen LogP contribution in [0.2, 0.25) is 0 Å². The average Bonchev–Trinajstić information content (AvgIpc) is 2.32. The van der Waals surface area contributed by atoms with Gasteiger partial charge in [0.25, 0.3) is 0 Å². The highest BCUT2D eigenvalue weighted by atomic mass is 15.3. The number of hydrogen-bond donors (Lipinski definition) is 2. The van der Waals surface area contributed by atoms with E-state index in [1.165, 1.54) is 12.8 Å². The van der Waals surface area contributed by atoms with Crippen LogP contribution in [0.3, 0.4) is 0 Å². The van der Waals surface area contributed by atoms with Crippen LogP contribution in [-0.4, -0.2) is 23.1 Å². The van der Waals surface area contributed by atoms with Crippen molar-refractivity contribution in [2.75, 3.05) is 23.4 Å². The number of anilines is 2. The van der Waals surface area contributed by atoms with Crippen molar-refractivity contribution in [2.45, 2.75) is 33.6 Å². The molecule has 1 rings (SSSR count). The molecule has 0 atom stereocenters. The van der Waals surface area contributed by atoms with Gasteiger partial charge in [0.1, 0.15) is 18.0 Å². The predicted molar refractivity (Wildman–Crippen MR) is 67.4 cm³/mol. The first-order valence-electron chi connectivity index (χ1n) is 5.77. The summed E-state index contributed by atoms with van der Waals surface area (Å²) in [5, 5.41) is 0. The summed E-state index contributed by atoms with van der Waals surface area (Å²) in [6.45, 7) is 8.27. The molecule has 0 aromatic carbocycles. The Labute approximate surface area is 97.0 Å². The third-order valence-corrected chi connectivity index (χ3v) is 2.66. The molecule has 0 aliphatic rings. The summed E-state index contributed by atoms with van der Waals surface area (Å²) >= 11 is 0. The Morgan fingerprint density at radius 2 is 2.12 bits per heavy atom. The van der Waals surface area contributed by atoms with Crippen LogP contribution < -0.4 is 16.2 Å². The van der Waals surface area contributed by atoms with Crippen LogP contribution in [0.15, 0.2) is 6.33 Å². The van der Waals surface area contributed by atoms with Gasteiger partial charge in [-0.25, -0.2) is 15.8 Å². The first-order valence-corrected chi connectivity index (χ1v) is 5.77. The zero-order chi connectivity index (χ0) is 12.0. The molecule has 0 radical (unpaired) electrons. The fraction of sp³-hybridized carbons (Fsp3) is 0.636. The summed E-state index contributed by atoms with van der Waals surface area (Å²) in [4.78, 5) is 10.7. The Kier molecular flexibility index (Phi) is 4.98. The van der Waals surface area contributed by atoms with Gasteiger partial charge in [-0.3, -0.25) is 0 Å². The molecule has 0 unspecified atom stereocenters. The van der Waals surface area contributed by atoms with Crippen molar-refractivity contribution in [3.05, 3.63) is 11.9 Å². The van der Waals surface area contributed by atoms with Crippen molar-refractivity contribution in [3.8, 4) is 0 Å². The van der Waals surface area contributed by atoms with Gasteiger partial charge in [0, 0.05) is 18.7 Å². The van der Waals surface area contributed by atoms with Crippen molar-refractivity contribution in [1.82, 2.24) is 9.97 Å². The second-order valence-corrected chi connectivity index (χ2v) is 3.75. The summed E-state index contributed by atoms with van der Waals surface area (Å²) in [6, 6.07) is 0. The summed E-state index contributed by atoms with van der Waals surface area (Å²) < 4.78 is 0. The number of hydrogen-bond acceptors (Lipinski definition) is 5. The molecule has 16 heavy (non-hydrogen) atoms. The molecule has 1 heterocycles. The van der Waals surface area contributed by atoms with E-state index in [1.54, 1.807) is 6.33 Å². The van der Waals surface area contributed by atoms with Gasteiger partial charge in [-0.2, -0.15) is 0 Å². The number of hydrazine groups is 1. The van der Waals surface area contributed by atoms with Gasteiger partial charge in [-0.1, -0.05) is 13.3 Å². The normalized spacial score (nSPS) is 10.2. The molecule has 0 bridgehead atoms. The van der Waals surface area contributed by atoms with Crippen LogP contribution in [0.5, 0.6) is 0 Å². The lowest BCUT2D eigenvalue weighted by Gasteiger charge is -2.23. The van der Waals surface area contributed by atoms with E-state index in [4.69, 9.17) is 5.84 Å². The van der Waals surface area contributed by atoms with Crippen LogP contribution in [0.1, 0.15) is 32.3 Å². The maximum absolute atomic E-state index is 5.40. The molecular formula is C11H21N5. The summed E-state index contributed by atoms with van der Waals surface area (Å²) in [6.07, 6.45) is 3.90. The molecule has 1 aromatic heterocycles. The second kappa shape index (κ2) is 6.27. The Balaban J connectivity index is 2.91. The zero-order valence-electron chi connectivity index (χ0n) is 10.3. The number of unbranched alkanes of at least 4 members (excludes halogenated alkanes) is 1. The molecule has 90 valence electrons. The smallest absolute Gasteiger partial charge is 0.148 e. The number of rotatable bonds is 6. The third kappa shape index (κ3) is 2.82. The molecule has 5 nitrogen and oxygen atoms in total. The van der Waals surface area contributed by atoms with Crippen LogP contribution in [0.25, 0.3) is 0 Å². The standard InChI is InChI=1S/C11H21N5/c1-4-6-7-16(5-2)11-9(3)10(15-12)13-8-14-11/h8H,4-7,12H2,1-3H3,(H,13,14,15). The Morgan fingerprint density at radius 1 is 1.38 bits per heavy atom. The Bertz CT molecular complexity index is 326. The predicted octanol–water partition coefficient (Wildman–Crippen LogP) is 1.70. The Morgan fingerprint density at radius 3 is 2.69 bits per heavy atom. The number of aromatic nitrogens is 2. The first kappa shape index (κ1) is 12.7.